The van der Waals surface area contributed by atoms with E-state index in [4.69, 9.17) is 9.47 Å². The van der Waals surface area contributed by atoms with Crippen molar-refractivity contribution in [1.29, 1.82) is 0 Å². The van der Waals surface area contributed by atoms with Gasteiger partial charge in [0, 0.05) is 16.0 Å². The molecule has 0 aliphatic rings. The lowest BCUT2D eigenvalue weighted by atomic mass is 9.70. The minimum atomic E-state index is -1.33. The molecular formula is C28H27BrO5. The molecule has 0 saturated carbocycles. The average Bonchev–Trinajstić information content (AvgIpc) is 2.88. The zero-order valence-electron chi connectivity index (χ0n) is 19.4. The Balaban J connectivity index is 2.25. The summed E-state index contributed by atoms with van der Waals surface area (Å²) in [4.78, 5) is 39.9. The molecule has 3 rings (SSSR count). The first-order valence-corrected chi connectivity index (χ1v) is 11.8. The van der Waals surface area contributed by atoms with Crippen molar-refractivity contribution < 1.29 is 23.9 Å². The number of halogens is 1. The summed E-state index contributed by atoms with van der Waals surface area (Å²) in [6.07, 6.45) is 0.852. The molecule has 0 aliphatic heterocycles. The summed E-state index contributed by atoms with van der Waals surface area (Å²) in [5.41, 5.74) is 2.95. The fourth-order valence-corrected chi connectivity index (χ4v) is 4.44. The Labute approximate surface area is 208 Å². The first-order valence-electron chi connectivity index (χ1n) is 11.0. The van der Waals surface area contributed by atoms with Gasteiger partial charge in [0.2, 0.25) is 0 Å². The number of aryl methyl sites for hydroxylation is 1. The molecule has 0 saturated heterocycles. The predicted octanol–water partition coefficient (Wildman–Crippen LogP) is 5.72. The maximum absolute atomic E-state index is 14.0. The van der Waals surface area contributed by atoms with Gasteiger partial charge in [0.05, 0.1) is 20.1 Å². The molecule has 0 unspecified atom stereocenters. The Bertz CT molecular complexity index is 1110. The molecule has 0 amide bonds. The topological polar surface area (TPSA) is 69.7 Å². The van der Waals surface area contributed by atoms with Crippen LogP contribution in [0.4, 0.5) is 0 Å². The highest BCUT2D eigenvalue weighted by Crippen LogP contribution is 2.42. The van der Waals surface area contributed by atoms with Crippen LogP contribution in [0.3, 0.4) is 0 Å². The van der Waals surface area contributed by atoms with E-state index < -0.39 is 29.7 Å². The van der Waals surface area contributed by atoms with Crippen molar-refractivity contribution in [3.8, 4) is 0 Å². The Morgan fingerprint density at radius 1 is 0.765 bits per heavy atom. The standard InChI is InChI=1S/C28H27BrO5/c1-4-18-10-12-21(13-11-18)26(30)24(19-8-6-5-7-9-19)23(20-14-16-22(29)17-15-20)25(27(31)33-2)28(32)34-3/h5-17,23-25H,4H2,1-3H3/t23-,24-/m1/s1. The van der Waals surface area contributed by atoms with Crippen molar-refractivity contribution in [1.82, 2.24) is 0 Å². The van der Waals surface area contributed by atoms with Gasteiger partial charge >= 0.3 is 11.9 Å². The van der Waals surface area contributed by atoms with E-state index in [0.717, 1.165) is 16.5 Å². The highest BCUT2D eigenvalue weighted by molar-refractivity contribution is 9.10. The molecule has 0 aliphatic carbocycles. The molecule has 0 bridgehead atoms. The second-order valence-corrected chi connectivity index (χ2v) is 8.82. The zero-order valence-corrected chi connectivity index (χ0v) is 20.9. The predicted molar refractivity (Wildman–Crippen MR) is 134 cm³/mol. The molecule has 0 aromatic heterocycles. The third-order valence-corrected chi connectivity index (χ3v) is 6.50. The van der Waals surface area contributed by atoms with Gasteiger partial charge in [0.15, 0.2) is 11.7 Å². The summed E-state index contributed by atoms with van der Waals surface area (Å²) in [5.74, 6) is -4.73. The molecule has 3 aromatic carbocycles. The van der Waals surface area contributed by atoms with Crippen LogP contribution in [-0.4, -0.2) is 31.9 Å². The number of carbonyl (C=O) groups excluding carboxylic acids is 3. The van der Waals surface area contributed by atoms with Gasteiger partial charge in [0.25, 0.3) is 0 Å². The van der Waals surface area contributed by atoms with Gasteiger partial charge in [0.1, 0.15) is 0 Å². The number of hydrogen-bond donors (Lipinski definition) is 0. The molecule has 0 radical (unpaired) electrons. The minimum absolute atomic E-state index is 0.195. The quantitative estimate of drug-likeness (QED) is 0.204. The SMILES string of the molecule is CCc1ccc(C(=O)[C@H](c2ccccc2)[C@@H](c2ccc(Br)cc2)C(C(=O)OC)C(=O)OC)cc1. The molecule has 0 heterocycles. The summed E-state index contributed by atoms with van der Waals surface area (Å²) < 4.78 is 10.8. The van der Waals surface area contributed by atoms with Crippen LogP contribution in [0.5, 0.6) is 0 Å². The zero-order chi connectivity index (χ0) is 24.7. The monoisotopic (exact) mass is 522 g/mol. The van der Waals surface area contributed by atoms with Crippen molar-refractivity contribution in [2.45, 2.75) is 25.2 Å². The van der Waals surface area contributed by atoms with E-state index in [-0.39, 0.29) is 5.78 Å². The van der Waals surface area contributed by atoms with Gasteiger partial charge < -0.3 is 9.47 Å². The summed E-state index contributed by atoms with van der Waals surface area (Å²) in [7, 11) is 2.44. The molecule has 2 atom stereocenters. The smallest absolute Gasteiger partial charge is 0.320 e. The number of methoxy groups -OCH3 is 2. The molecule has 6 heteroatoms. The average molecular weight is 523 g/mol. The number of Topliss-reactive ketones (excluding diaryl/α,β-unsaturated/α-hetero) is 1. The van der Waals surface area contributed by atoms with Crippen LogP contribution in [-0.2, 0) is 25.5 Å². The van der Waals surface area contributed by atoms with Gasteiger partial charge in [-0.05, 0) is 35.2 Å². The second-order valence-electron chi connectivity index (χ2n) is 7.90. The number of ketones is 1. The van der Waals surface area contributed by atoms with E-state index in [1.165, 1.54) is 14.2 Å². The van der Waals surface area contributed by atoms with Gasteiger partial charge in [-0.15, -0.1) is 0 Å². The summed E-state index contributed by atoms with van der Waals surface area (Å²) in [6.45, 7) is 2.05. The first-order chi connectivity index (χ1) is 16.4. The van der Waals surface area contributed by atoms with E-state index in [9.17, 15) is 14.4 Å². The fourth-order valence-electron chi connectivity index (χ4n) is 4.17. The van der Waals surface area contributed by atoms with Crippen molar-refractivity contribution in [2.75, 3.05) is 14.2 Å². The van der Waals surface area contributed by atoms with Crippen molar-refractivity contribution in [3.05, 3.63) is 106 Å². The lowest BCUT2D eigenvalue weighted by Crippen LogP contribution is -2.37. The Morgan fingerprint density at radius 3 is 1.82 bits per heavy atom. The van der Waals surface area contributed by atoms with Crippen molar-refractivity contribution in [3.63, 3.8) is 0 Å². The van der Waals surface area contributed by atoms with Crippen LogP contribution < -0.4 is 0 Å². The Hall–Kier alpha value is -3.25. The van der Waals surface area contributed by atoms with Crippen LogP contribution in [0.15, 0.2) is 83.3 Å². The van der Waals surface area contributed by atoms with Crippen LogP contribution in [0.25, 0.3) is 0 Å². The van der Waals surface area contributed by atoms with Gasteiger partial charge in [-0.1, -0.05) is 89.6 Å². The van der Waals surface area contributed by atoms with Crippen LogP contribution in [0.2, 0.25) is 0 Å². The Kier molecular flexibility index (Phi) is 8.77. The molecular weight excluding hydrogens is 496 g/mol. The maximum atomic E-state index is 14.0. The van der Waals surface area contributed by atoms with Crippen molar-refractivity contribution in [2.24, 2.45) is 5.92 Å². The summed E-state index contributed by atoms with van der Waals surface area (Å²) in [6, 6.07) is 23.8. The Morgan fingerprint density at radius 2 is 1.32 bits per heavy atom. The van der Waals surface area contributed by atoms with Crippen LogP contribution >= 0.6 is 15.9 Å². The van der Waals surface area contributed by atoms with E-state index >= 15 is 0 Å². The summed E-state index contributed by atoms with van der Waals surface area (Å²) >= 11 is 3.43. The molecule has 0 fully saturated rings. The van der Waals surface area contributed by atoms with Crippen molar-refractivity contribution >= 4 is 33.7 Å². The largest absolute Gasteiger partial charge is 0.468 e. The number of benzene rings is 3. The molecule has 34 heavy (non-hydrogen) atoms. The molecule has 3 aromatic rings. The number of ether oxygens (including phenoxy) is 2. The number of hydrogen-bond acceptors (Lipinski definition) is 5. The lowest BCUT2D eigenvalue weighted by molar-refractivity contribution is -0.160. The minimum Gasteiger partial charge on any atom is -0.468 e. The van der Waals surface area contributed by atoms with E-state index in [2.05, 4.69) is 15.9 Å². The van der Waals surface area contributed by atoms with Gasteiger partial charge in [-0.25, -0.2) is 0 Å². The number of rotatable bonds is 9. The molecule has 176 valence electrons. The number of esters is 2. The highest BCUT2D eigenvalue weighted by Gasteiger charge is 2.45. The molecule has 0 spiro atoms. The fraction of sp³-hybridized carbons (Fsp3) is 0.250. The normalized spacial score (nSPS) is 12.6. The van der Waals surface area contributed by atoms with Crippen LogP contribution in [0, 0.1) is 5.92 Å². The molecule has 5 nitrogen and oxygen atoms in total. The van der Waals surface area contributed by atoms with Gasteiger partial charge in [-0.2, -0.15) is 0 Å². The van der Waals surface area contributed by atoms with Crippen LogP contribution in [0.1, 0.15) is 45.8 Å². The van der Waals surface area contributed by atoms with Gasteiger partial charge in [-0.3, -0.25) is 14.4 Å². The van der Waals surface area contributed by atoms with E-state index in [0.29, 0.717) is 16.7 Å². The lowest BCUT2D eigenvalue weighted by Gasteiger charge is -2.31. The third-order valence-electron chi connectivity index (χ3n) is 5.97. The number of carbonyl (C=O) groups is 3. The molecule has 0 N–H and O–H groups in total. The second kappa shape index (κ2) is 11.7. The summed E-state index contributed by atoms with van der Waals surface area (Å²) in [5, 5.41) is 0. The highest BCUT2D eigenvalue weighted by atomic mass is 79.9. The van der Waals surface area contributed by atoms with E-state index in [1.807, 2.05) is 61.5 Å². The van der Waals surface area contributed by atoms with E-state index in [1.54, 1.807) is 24.3 Å². The first kappa shape index (κ1) is 25.4. The third kappa shape index (κ3) is 5.62. The maximum Gasteiger partial charge on any atom is 0.320 e.